The number of rotatable bonds is 5. The Hall–Kier alpha value is -1.55. The highest BCUT2D eigenvalue weighted by atomic mass is 32.1. The molecule has 0 unspecified atom stereocenters. The van der Waals surface area contributed by atoms with Crippen molar-refractivity contribution in [1.29, 1.82) is 0 Å². The lowest BCUT2D eigenvalue weighted by atomic mass is 10.0. The summed E-state index contributed by atoms with van der Waals surface area (Å²) in [4.78, 5) is 4.22. The lowest BCUT2D eigenvalue weighted by Gasteiger charge is -2.13. The van der Waals surface area contributed by atoms with Crippen LogP contribution >= 0.6 is 11.3 Å². The van der Waals surface area contributed by atoms with Crippen LogP contribution in [-0.4, -0.2) is 11.6 Å². The molecule has 0 aliphatic rings. The van der Waals surface area contributed by atoms with Crippen molar-refractivity contribution in [3.63, 3.8) is 0 Å². The molecule has 1 aromatic heterocycles. The number of aromatic nitrogens is 1. The van der Waals surface area contributed by atoms with Crippen molar-refractivity contribution >= 4 is 16.5 Å². The van der Waals surface area contributed by atoms with Crippen LogP contribution in [0.1, 0.15) is 31.0 Å². The van der Waals surface area contributed by atoms with Crippen molar-refractivity contribution in [2.45, 2.75) is 26.2 Å². The molecule has 96 valence electrons. The van der Waals surface area contributed by atoms with E-state index in [1.54, 1.807) is 0 Å². The molecule has 4 heteroatoms. The molecule has 2 N–H and O–H groups in total. The Morgan fingerprint density at radius 3 is 2.78 bits per heavy atom. The molecule has 0 bridgehead atoms. The van der Waals surface area contributed by atoms with Crippen LogP contribution in [0.3, 0.4) is 0 Å². The second-order valence-electron chi connectivity index (χ2n) is 4.47. The summed E-state index contributed by atoms with van der Waals surface area (Å²) in [7, 11) is 0. The van der Waals surface area contributed by atoms with Crippen molar-refractivity contribution in [3.8, 4) is 5.75 Å². The van der Waals surface area contributed by atoms with Crippen molar-refractivity contribution in [1.82, 2.24) is 4.98 Å². The molecule has 0 aliphatic carbocycles. The molecule has 0 saturated carbocycles. The normalized spacial score (nSPS) is 10.8. The fraction of sp³-hybridized carbons (Fsp3) is 0.357. The molecule has 0 spiro atoms. The van der Waals surface area contributed by atoms with Gasteiger partial charge in [0.2, 0.25) is 0 Å². The lowest BCUT2D eigenvalue weighted by Crippen LogP contribution is -2.04. The van der Waals surface area contributed by atoms with Crippen LogP contribution in [0.2, 0.25) is 0 Å². The second-order valence-corrected chi connectivity index (χ2v) is 5.36. The van der Waals surface area contributed by atoms with Crippen LogP contribution in [0.15, 0.2) is 29.6 Å². The first kappa shape index (κ1) is 12.9. The van der Waals surface area contributed by atoms with Crippen LogP contribution in [0.25, 0.3) is 0 Å². The standard InChI is InChI=1S/C14H18N2OS/c1-10(2)12-5-3-4-6-13(12)17-8-7-11-9-18-14(15)16-11/h3-6,9-10H,7-8H2,1-2H3,(H2,15,16). The predicted molar refractivity (Wildman–Crippen MR) is 76.3 cm³/mol. The van der Waals surface area contributed by atoms with E-state index in [1.165, 1.54) is 16.9 Å². The third kappa shape index (κ3) is 3.23. The summed E-state index contributed by atoms with van der Waals surface area (Å²) < 4.78 is 5.84. The molecule has 1 aromatic carbocycles. The van der Waals surface area contributed by atoms with Gasteiger partial charge >= 0.3 is 0 Å². The van der Waals surface area contributed by atoms with Gasteiger partial charge in [0.1, 0.15) is 5.75 Å². The van der Waals surface area contributed by atoms with Gasteiger partial charge in [-0.15, -0.1) is 11.3 Å². The van der Waals surface area contributed by atoms with Crippen LogP contribution in [0.4, 0.5) is 5.13 Å². The molecule has 0 saturated heterocycles. The minimum Gasteiger partial charge on any atom is -0.493 e. The zero-order valence-corrected chi connectivity index (χ0v) is 11.5. The summed E-state index contributed by atoms with van der Waals surface area (Å²) in [5.41, 5.74) is 7.84. The Morgan fingerprint density at radius 1 is 1.33 bits per heavy atom. The first-order valence-corrected chi connectivity index (χ1v) is 6.96. The van der Waals surface area contributed by atoms with Crippen LogP contribution in [0.5, 0.6) is 5.75 Å². The van der Waals surface area contributed by atoms with E-state index < -0.39 is 0 Å². The van der Waals surface area contributed by atoms with Crippen LogP contribution in [-0.2, 0) is 6.42 Å². The Morgan fingerprint density at radius 2 is 2.11 bits per heavy atom. The Kier molecular flexibility index (Phi) is 4.20. The number of benzene rings is 1. The maximum absolute atomic E-state index is 5.84. The number of ether oxygens (including phenoxy) is 1. The lowest BCUT2D eigenvalue weighted by molar-refractivity contribution is 0.316. The summed E-state index contributed by atoms with van der Waals surface area (Å²) in [6.45, 7) is 4.97. The zero-order valence-electron chi connectivity index (χ0n) is 10.7. The van der Waals surface area contributed by atoms with Gasteiger partial charge in [0, 0.05) is 11.8 Å². The maximum Gasteiger partial charge on any atom is 0.180 e. The highest BCUT2D eigenvalue weighted by Gasteiger charge is 2.07. The van der Waals surface area contributed by atoms with Crippen LogP contribution in [0, 0.1) is 0 Å². The van der Waals surface area contributed by atoms with Crippen molar-refractivity contribution in [3.05, 3.63) is 40.9 Å². The number of nitrogens with zero attached hydrogens (tertiary/aromatic N) is 1. The molecule has 1 heterocycles. The fourth-order valence-corrected chi connectivity index (χ4v) is 2.39. The maximum atomic E-state index is 5.84. The minimum atomic E-state index is 0.469. The molecule has 0 amide bonds. The molecule has 0 fully saturated rings. The van der Waals surface area contributed by atoms with Crippen molar-refractivity contribution < 1.29 is 4.74 Å². The third-order valence-corrected chi connectivity index (χ3v) is 3.45. The van der Waals surface area contributed by atoms with E-state index in [-0.39, 0.29) is 0 Å². The number of hydrogen-bond acceptors (Lipinski definition) is 4. The summed E-state index contributed by atoms with van der Waals surface area (Å²) in [6.07, 6.45) is 0.792. The predicted octanol–water partition coefficient (Wildman–Crippen LogP) is 3.47. The average Bonchev–Trinajstić information content (AvgIpc) is 2.75. The molecule has 0 aliphatic heterocycles. The van der Waals surface area contributed by atoms with E-state index >= 15 is 0 Å². The first-order chi connectivity index (χ1) is 8.66. The highest BCUT2D eigenvalue weighted by molar-refractivity contribution is 7.13. The summed E-state index contributed by atoms with van der Waals surface area (Å²) in [5.74, 6) is 1.44. The second kappa shape index (κ2) is 5.87. The molecular formula is C14H18N2OS. The first-order valence-electron chi connectivity index (χ1n) is 6.08. The number of hydrogen-bond donors (Lipinski definition) is 1. The topological polar surface area (TPSA) is 48.1 Å². The fourth-order valence-electron chi connectivity index (χ4n) is 1.79. The quantitative estimate of drug-likeness (QED) is 0.897. The molecule has 0 atom stereocenters. The van der Waals surface area contributed by atoms with Gasteiger partial charge in [0.05, 0.1) is 12.3 Å². The monoisotopic (exact) mass is 262 g/mol. The number of nitrogen functional groups attached to an aromatic ring is 1. The number of nitrogens with two attached hydrogens (primary N) is 1. The van der Waals surface area contributed by atoms with Gasteiger partial charge in [-0.3, -0.25) is 0 Å². The average molecular weight is 262 g/mol. The van der Waals surface area contributed by atoms with Gasteiger partial charge < -0.3 is 10.5 Å². The molecule has 2 rings (SSSR count). The highest BCUT2D eigenvalue weighted by Crippen LogP contribution is 2.25. The summed E-state index contributed by atoms with van der Waals surface area (Å²) >= 11 is 1.47. The molecule has 18 heavy (non-hydrogen) atoms. The number of anilines is 1. The molecular weight excluding hydrogens is 244 g/mol. The Balaban J connectivity index is 1.94. The largest absolute Gasteiger partial charge is 0.493 e. The van der Waals surface area contributed by atoms with E-state index in [0.717, 1.165) is 17.9 Å². The Bertz CT molecular complexity index is 508. The van der Waals surface area contributed by atoms with E-state index in [4.69, 9.17) is 10.5 Å². The molecule has 2 aromatic rings. The van der Waals surface area contributed by atoms with Crippen molar-refractivity contribution in [2.75, 3.05) is 12.3 Å². The SMILES string of the molecule is CC(C)c1ccccc1OCCc1csc(N)n1. The van der Waals surface area contributed by atoms with E-state index in [2.05, 4.69) is 24.9 Å². The number of para-hydroxylation sites is 1. The molecule has 3 nitrogen and oxygen atoms in total. The van der Waals surface area contributed by atoms with E-state index in [1.807, 2.05) is 23.6 Å². The van der Waals surface area contributed by atoms with Gasteiger partial charge in [-0.25, -0.2) is 4.98 Å². The van der Waals surface area contributed by atoms with Gasteiger partial charge in [-0.05, 0) is 17.5 Å². The smallest absolute Gasteiger partial charge is 0.180 e. The minimum absolute atomic E-state index is 0.469. The Labute approximate surface area is 112 Å². The van der Waals surface area contributed by atoms with Crippen molar-refractivity contribution in [2.24, 2.45) is 0 Å². The van der Waals surface area contributed by atoms with Gasteiger partial charge in [0.15, 0.2) is 5.13 Å². The van der Waals surface area contributed by atoms with Gasteiger partial charge in [-0.1, -0.05) is 32.0 Å². The van der Waals surface area contributed by atoms with Gasteiger partial charge in [-0.2, -0.15) is 0 Å². The van der Waals surface area contributed by atoms with Gasteiger partial charge in [0.25, 0.3) is 0 Å². The third-order valence-electron chi connectivity index (χ3n) is 2.73. The zero-order chi connectivity index (χ0) is 13.0. The summed E-state index contributed by atoms with van der Waals surface area (Å²) in [6, 6.07) is 8.18. The van der Waals surface area contributed by atoms with E-state index in [0.29, 0.717) is 17.7 Å². The molecule has 0 radical (unpaired) electrons. The van der Waals surface area contributed by atoms with Crippen LogP contribution < -0.4 is 10.5 Å². The van der Waals surface area contributed by atoms with E-state index in [9.17, 15) is 0 Å². The number of thiazole rings is 1. The summed E-state index contributed by atoms with van der Waals surface area (Å²) in [5, 5.41) is 2.60.